The first-order chi connectivity index (χ1) is 19.6. The molecule has 40 heavy (non-hydrogen) atoms. The molecule has 5 aromatic rings. The highest BCUT2D eigenvalue weighted by Gasteiger charge is 2.11. The molecule has 5 rings (SSSR count). The molecule has 0 saturated carbocycles. The lowest BCUT2D eigenvalue weighted by atomic mass is 9.92. The number of allylic oxidation sites excluding steroid dienone is 2. The van der Waals surface area contributed by atoms with Crippen LogP contribution in [0.3, 0.4) is 0 Å². The van der Waals surface area contributed by atoms with Crippen molar-refractivity contribution in [1.82, 2.24) is 0 Å². The molecule has 2 heterocycles. The Bertz CT molecular complexity index is 1930. The highest BCUT2D eigenvalue weighted by Crippen LogP contribution is 2.32. The van der Waals surface area contributed by atoms with Crippen LogP contribution in [0.5, 0.6) is 0 Å². The van der Waals surface area contributed by atoms with E-state index in [0.29, 0.717) is 0 Å². The van der Waals surface area contributed by atoms with E-state index in [1.807, 2.05) is 97.1 Å². The van der Waals surface area contributed by atoms with Gasteiger partial charge in [0, 0.05) is 20.9 Å². The van der Waals surface area contributed by atoms with Gasteiger partial charge >= 0.3 is 0 Å². The van der Waals surface area contributed by atoms with Crippen LogP contribution in [0.4, 0.5) is 0 Å². The average molecular weight is 543 g/mol. The van der Waals surface area contributed by atoms with Crippen LogP contribution in [0.1, 0.15) is 30.6 Å². The third-order valence-electron chi connectivity index (χ3n) is 5.86. The van der Waals surface area contributed by atoms with Crippen LogP contribution in [-0.2, 0) is 0 Å². The summed E-state index contributed by atoms with van der Waals surface area (Å²) in [5.74, 6) is 13.3. The maximum atomic E-state index is 9.03. The van der Waals surface area contributed by atoms with Crippen LogP contribution >= 0.6 is 22.7 Å². The van der Waals surface area contributed by atoms with Crippen molar-refractivity contribution < 1.29 is 0 Å². The zero-order valence-electron chi connectivity index (χ0n) is 20.7. The molecule has 182 valence electrons. The lowest BCUT2D eigenvalue weighted by Gasteiger charge is -2.10. The fourth-order valence-electron chi connectivity index (χ4n) is 4.10. The predicted molar refractivity (Wildman–Crippen MR) is 160 cm³/mol. The second kappa shape index (κ2) is 11.7. The molecule has 0 aliphatic rings. The maximum absolute atomic E-state index is 9.03. The number of fused-ring (bicyclic) bond motifs is 2. The molecule has 0 saturated heterocycles. The van der Waals surface area contributed by atoms with Crippen LogP contribution in [0, 0.1) is 69.0 Å². The molecule has 0 unspecified atom stereocenters. The summed E-state index contributed by atoms with van der Waals surface area (Å²) in [4.78, 5) is 3.26. The summed E-state index contributed by atoms with van der Waals surface area (Å²) in [6, 6.07) is 31.1. The maximum Gasteiger partial charge on any atom is 0.131 e. The molecular formula is C34H14N4S2. The quantitative estimate of drug-likeness (QED) is 0.129. The molecule has 2 aromatic heterocycles. The van der Waals surface area contributed by atoms with Gasteiger partial charge in [0.15, 0.2) is 0 Å². The van der Waals surface area contributed by atoms with Crippen molar-refractivity contribution in [3.63, 3.8) is 0 Å². The van der Waals surface area contributed by atoms with Gasteiger partial charge in [-0.25, -0.2) is 0 Å². The predicted octanol–water partition coefficient (Wildman–Crippen LogP) is 7.78. The van der Waals surface area contributed by atoms with Crippen LogP contribution in [0.2, 0.25) is 0 Å². The number of nitriles is 4. The average Bonchev–Trinajstić information content (AvgIpc) is 3.65. The molecule has 0 atom stereocenters. The number of hydrogen-bond acceptors (Lipinski definition) is 6. The Labute approximate surface area is 239 Å². The highest BCUT2D eigenvalue weighted by atomic mass is 32.1. The van der Waals surface area contributed by atoms with E-state index < -0.39 is 0 Å². The van der Waals surface area contributed by atoms with Crippen molar-refractivity contribution in [2.24, 2.45) is 0 Å². The van der Waals surface area contributed by atoms with Crippen LogP contribution < -0.4 is 0 Å². The van der Waals surface area contributed by atoms with E-state index in [1.54, 1.807) is 12.2 Å². The Morgan fingerprint density at radius 1 is 0.475 bits per heavy atom. The fraction of sp³-hybridized carbons (Fsp3) is 0. The van der Waals surface area contributed by atoms with Gasteiger partial charge in [-0.15, -0.1) is 22.7 Å². The molecule has 0 spiro atoms. The van der Waals surface area contributed by atoms with Crippen molar-refractivity contribution in [1.29, 1.82) is 21.0 Å². The normalized spacial score (nSPS) is 9.50. The van der Waals surface area contributed by atoms with Crippen molar-refractivity contribution in [3.8, 4) is 48.0 Å². The van der Waals surface area contributed by atoms with E-state index in [9.17, 15) is 0 Å². The summed E-state index contributed by atoms with van der Waals surface area (Å²) in [5, 5.41) is 40.1. The number of thiophene rings is 2. The summed E-state index contributed by atoms with van der Waals surface area (Å²) >= 11 is 2.85. The Hall–Kier alpha value is -5.86. The van der Waals surface area contributed by atoms with E-state index in [-0.39, 0.29) is 11.1 Å². The summed E-state index contributed by atoms with van der Waals surface area (Å²) in [7, 11) is 0. The van der Waals surface area contributed by atoms with Crippen molar-refractivity contribution >= 4 is 56.4 Å². The summed E-state index contributed by atoms with van der Waals surface area (Å²) in [6.07, 6.45) is 3.12. The topological polar surface area (TPSA) is 95.2 Å². The molecular weight excluding hydrogens is 529 g/mol. The Balaban J connectivity index is 1.61. The highest BCUT2D eigenvalue weighted by molar-refractivity contribution is 7.13. The van der Waals surface area contributed by atoms with E-state index in [1.165, 1.54) is 22.7 Å². The van der Waals surface area contributed by atoms with Crippen molar-refractivity contribution in [3.05, 3.63) is 115 Å². The second-order valence-electron chi connectivity index (χ2n) is 8.31. The van der Waals surface area contributed by atoms with E-state index in [4.69, 9.17) is 21.0 Å². The first kappa shape index (κ1) is 25.8. The summed E-state index contributed by atoms with van der Waals surface area (Å²) in [6.45, 7) is 0. The summed E-state index contributed by atoms with van der Waals surface area (Å²) in [5.41, 5.74) is 1.92. The lowest BCUT2D eigenvalue weighted by Crippen LogP contribution is -1.90. The molecule has 0 bridgehead atoms. The Kier molecular flexibility index (Phi) is 7.53. The number of hydrogen-bond donors (Lipinski definition) is 0. The van der Waals surface area contributed by atoms with Gasteiger partial charge in [0.25, 0.3) is 0 Å². The minimum atomic E-state index is 0.0550. The van der Waals surface area contributed by atoms with Gasteiger partial charge < -0.3 is 0 Å². The third-order valence-corrected chi connectivity index (χ3v) is 7.76. The van der Waals surface area contributed by atoms with Crippen molar-refractivity contribution in [2.75, 3.05) is 0 Å². The molecule has 0 radical (unpaired) electrons. The molecule has 4 nitrogen and oxygen atoms in total. The van der Waals surface area contributed by atoms with E-state index in [0.717, 1.165) is 52.2 Å². The molecule has 0 fully saturated rings. The fourth-order valence-corrected chi connectivity index (χ4v) is 5.71. The Morgan fingerprint density at radius 3 is 1.15 bits per heavy atom. The van der Waals surface area contributed by atoms with Crippen molar-refractivity contribution in [2.45, 2.75) is 0 Å². The molecule has 0 N–H and O–H groups in total. The third kappa shape index (κ3) is 5.38. The Morgan fingerprint density at radius 2 is 0.825 bits per heavy atom. The number of rotatable bonds is 2. The van der Waals surface area contributed by atoms with Gasteiger partial charge in [-0.2, -0.15) is 21.0 Å². The molecule has 0 amide bonds. The van der Waals surface area contributed by atoms with Gasteiger partial charge in [-0.3, -0.25) is 0 Å². The van der Waals surface area contributed by atoms with Gasteiger partial charge in [-0.1, -0.05) is 72.2 Å². The minimum Gasteiger partial charge on any atom is -0.192 e. The molecule has 0 aliphatic heterocycles. The second-order valence-corrected chi connectivity index (χ2v) is 10.5. The monoisotopic (exact) mass is 542 g/mol. The van der Waals surface area contributed by atoms with Gasteiger partial charge in [-0.05, 0) is 58.0 Å². The minimum absolute atomic E-state index is 0.0550. The van der Waals surface area contributed by atoms with Crippen LogP contribution in [0.15, 0.2) is 83.9 Å². The lowest BCUT2D eigenvalue weighted by molar-refractivity contribution is 1.47. The van der Waals surface area contributed by atoms with Gasteiger partial charge in [0.05, 0.1) is 9.75 Å². The summed E-state index contributed by atoms with van der Waals surface area (Å²) < 4.78 is 0. The first-order valence-corrected chi connectivity index (χ1v) is 13.5. The molecule has 6 heteroatoms. The van der Waals surface area contributed by atoms with Crippen LogP contribution in [-0.4, -0.2) is 0 Å². The molecule has 0 aliphatic carbocycles. The SMILES string of the molecule is N#CC(C#N)=Cc1ccc(C#Cc2c3ccccc3c(C#Cc3ccc(C=C(C#N)C#N)s3)c3ccccc23)s1. The first-order valence-electron chi connectivity index (χ1n) is 11.8. The standard InChI is InChI=1S/C34H14N4S2/c35-19-23(20-36)17-27-11-9-25(39-27)13-15-33-29-5-1-2-6-30(29)34(32-8-4-3-7-31(32)33)16-14-26-10-12-28(40-26)18-24(21-37)22-38/h1-12,17-18H. The van der Waals surface area contributed by atoms with E-state index in [2.05, 4.69) is 23.7 Å². The number of benzene rings is 3. The van der Waals surface area contributed by atoms with Crippen LogP contribution in [0.25, 0.3) is 33.7 Å². The largest absolute Gasteiger partial charge is 0.192 e. The zero-order chi connectivity index (χ0) is 27.9. The smallest absolute Gasteiger partial charge is 0.131 e. The van der Waals surface area contributed by atoms with Gasteiger partial charge in [0.2, 0.25) is 0 Å². The number of nitrogens with zero attached hydrogens (tertiary/aromatic N) is 4. The zero-order valence-corrected chi connectivity index (χ0v) is 22.3. The van der Waals surface area contributed by atoms with E-state index >= 15 is 0 Å². The molecule has 3 aromatic carbocycles. The van der Waals surface area contributed by atoms with Gasteiger partial charge in [0.1, 0.15) is 35.4 Å².